The summed E-state index contributed by atoms with van der Waals surface area (Å²) in [5.41, 5.74) is 10.7. The van der Waals surface area contributed by atoms with Gasteiger partial charge in [-0.15, -0.1) is 0 Å². The van der Waals surface area contributed by atoms with Crippen molar-refractivity contribution in [3.8, 4) is 0 Å². The quantitative estimate of drug-likeness (QED) is 0.500. The van der Waals surface area contributed by atoms with Gasteiger partial charge >= 0.3 is 0 Å². The van der Waals surface area contributed by atoms with Gasteiger partial charge in [0, 0.05) is 6.54 Å². The van der Waals surface area contributed by atoms with E-state index in [-0.39, 0.29) is 17.2 Å². The third kappa shape index (κ3) is 2.92. The molecule has 0 bridgehead atoms. The Bertz CT molecular complexity index is 355. The third-order valence-electron chi connectivity index (χ3n) is 1.96. The summed E-state index contributed by atoms with van der Waals surface area (Å²) in [6.07, 6.45) is 0.682. The number of benzene rings is 1. The number of carbonyl (C=O) groups excluding carboxylic acids is 1. The van der Waals surface area contributed by atoms with Crippen LogP contribution in [0.25, 0.3) is 0 Å². The molecule has 0 radical (unpaired) electrons. The smallest absolute Gasteiger partial charge is 0.253 e. The number of amides is 1. The topological polar surface area (TPSA) is 81.1 Å². The molecular formula is C10H14FN3O. The lowest BCUT2D eigenvalue weighted by Gasteiger charge is -2.07. The van der Waals surface area contributed by atoms with Gasteiger partial charge < -0.3 is 16.8 Å². The van der Waals surface area contributed by atoms with E-state index in [9.17, 15) is 9.18 Å². The van der Waals surface area contributed by atoms with Crippen molar-refractivity contribution in [1.82, 2.24) is 5.32 Å². The van der Waals surface area contributed by atoms with Crippen molar-refractivity contribution in [3.05, 3.63) is 29.6 Å². The van der Waals surface area contributed by atoms with Gasteiger partial charge in [0.25, 0.3) is 5.91 Å². The van der Waals surface area contributed by atoms with E-state index in [1.165, 1.54) is 18.2 Å². The number of rotatable bonds is 4. The van der Waals surface area contributed by atoms with Crippen LogP contribution in [0.2, 0.25) is 0 Å². The number of nitrogens with one attached hydrogen (secondary N) is 1. The second-order valence-corrected chi connectivity index (χ2v) is 3.10. The van der Waals surface area contributed by atoms with Crippen LogP contribution < -0.4 is 16.8 Å². The van der Waals surface area contributed by atoms with Gasteiger partial charge in [0.1, 0.15) is 5.82 Å². The minimum Gasteiger partial charge on any atom is -0.396 e. The van der Waals surface area contributed by atoms with Crippen molar-refractivity contribution in [2.24, 2.45) is 5.73 Å². The molecule has 0 aromatic heterocycles. The zero-order chi connectivity index (χ0) is 11.3. The summed E-state index contributed by atoms with van der Waals surface area (Å²) in [4.78, 5) is 11.5. The summed E-state index contributed by atoms with van der Waals surface area (Å²) < 4.78 is 13.0. The van der Waals surface area contributed by atoms with Crippen LogP contribution >= 0.6 is 0 Å². The van der Waals surface area contributed by atoms with Gasteiger partial charge in [-0.1, -0.05) is 6.07 Å². The van der Waals surface area contributed by atoms with Crippen molar-refractivity contribution in [1.29, 1.82) is 0 Å². The highest BCUT2D eigenvalue weighted by Crippen LogP contribution is 2.15. The molecule has 1 aromatic rings. The van der Waals surface area contributed by atoms with Gasteiger partial charge in [-0.2, -0.15) is 0 Å². The van der Waals surface area contributed by atoms with Gasteiger partial charge in [0.2, 0.25) is 0 Å². The van der Waals surface area contributed by atoms with E-state index in [0.717, 1.165) is 0 Å². The van der Waals surface area contributed by atoms with Crippen molar-refractivity contribution in [3.63, 3.8) is 0 Å². The average molecular weight is 211 g/mol. The molecule has 4 nitrogen and oxygen atoms in total. The number of nitrogen functional groups attached to an aromatic ring is 1. The number of para-hydroxylation sites is 1. The second kappa shape index (κ2) is 5.31. The summed E-state index contributed by atoms with van der Waals surface area (Å²) in [5.74, 6) is -0.957. The zero-order valence-electron chi connectivity index (χ0n) is 8.29. The SMILES string of the molecule is NCCCNC(=O)c1cccc(F)c1N. The lowest BCUT2D eigenvalue weighted by atomic mass is 10.1. The number of carbonyl (C=O) groups is 1. The van der Waals surface area contributed by atoms with Crippen LogP contribution in [0.15, 0.2) is 18.2 Å². The first-order valence-corrected chi connectivity index (χ1v) is 4.69. The molecular weight excluding hydrogens is 197 g/mol. The molecule has 0 atom stereocenters. The first-order chi connectivity index (χ1) is 7.16. The third-order valence-corrected chi connectivity index (χ3v) is 1.96. The first-order valence-electron chi connectivity index (χ1n) is 4.69. The lowest BCUT2D eigenvalue weighted by molar-refractivity contribution is 0.0954. The maximum Gasteiger partial charge on any atom is 0.253 e. The van der Waals surface area contributed by atoms with Crippen LogP contribution in [0, 0.1) is 5.82 Å². The van der Waals surface area contributed by atoms with Gasteiger partial charge in [-0.3, -0.25) is 4.79 Å². The monoisotopic (exact) mass is 211 g/mol. The largest absolute Gasteiger partial charge is 0.396 e. The molecule has 0 fully saturated rings. The Morgan fingerprint density at radius 3 is 2.87 bits per heavy atom. The number of hydrogen-bond acceptors (Lipinski definition) is 3. The molecule has 0 heterocycles. The molecule has 1 amide bonds. The first kappa shape index (κ1) is 11.5. The van der Waals surface area contributed by atoms with E-state index in [1.54, 1.807) is 0 Å². The maximum atomic E-state index is 13.0. The van der Waals surface area contributed by atoms with E-state index in [2.05, 4.69) is 5.32 Å². The van der Waals surface area contributed by atoms with Crippen LogP contribution in [-0.2, 0) is 0 Å². The number of nitrogens with two attached hydrogens (primary N) is 2. The molecule has 0 aliphatic heterocycles. The molecule has 0 saturated carbocycles. The Morgan fingerprint density at radius 2 is 2.20 bits per heavy atom. The molecule has 0 unspecified atom stereocenters. The van der Waals surface area contributed by atoms with Crippen molar-refractivity contribution >= 4 is 11.6 Å². The highest BCUT2D eigenvalue weighted by Gasteiger charge is 2.11. The number of halogens is 1. The molecule has 82 valence electrons. The van der Waals surface area contributed by atoms with E-state index in [4.69, 9.17) is 11.5 Å². The fraction of sp³-hybridized carbons (Fsp3) is 0.300. The molecule has 5 N–H and O–H groups in total. The van der Waals surface area contributed by atoms with Crippen molar-refractivity contribution in [2.45, 2.75) is 6.42 Å². The second-order valence-electron chi connectivity index (χ2n) is 3.10. The molecule has 1 rings (SSSR count). The predicted molar refractivity (Wildman–Crippen MR) is 56.8 cm³/mol. The van der Waals surface area contributed by atoms with Crippen LogP contribution in [0.5, 0.6) is 0 Å². The molecule has 1 aromatic carbocycles. The van der Waals surface area contributed by atoms with Crippen LogP contribution in [0.1, 0.15) is 16.8 Å². The van der Waals surface area contributed by atoms with Gasteiger partial charge in [0.15, 0.2) is 0 Å². The fourth-order valence-corrected chi connectivity index (χ4v) is 1.13. The van der Waals surface area contributed by atoms with E-state index < -0.39 is 5.82 Å². The maximum absolute atomic E-state index is 13.0. The van der Waals surface area contributed by atoms with Crippen molar-refractivity contribution in [2.75, 3.05) is 18.8 Å². The van der Waals surface area contributed by atoms with Gasteiger partial charge in [-0.05, 0) is 25.1 Å². The van der Waals surface area contributed by atoms with E-state index in [0.29, 0.717) is 19.5 Å². The standard InChI is InChI=1S/C10H14FN3O/c11-8-4-1-3-7(9(8)13)10(15)14-6-2-5-12/h1,3-4H,2,5-6,12-13H2,(H,14,15). The fourth-order valence-electron chi connectivity index (χ4n) is 1.13. The van der Waals surface area contributed by atoms with Gasteiger partial charge in [0.05, 0.1) is 11.3 Å². The van der Waals surface area contributed by atoms with Gasteiger partial charge in [-0.25, -0.2) is 4.39 Å². The Balaban J connectivity index is 2.69. The van der Waals surface area contributed by atoms with Crippen molar-refractivity contribution < 1.29 is 9.18 Å². The number of anilines is 1. The van der Waals surface area contributed by atoms with Crippen LogP contribution in [0.4, 0.5) is 10.1 Å². The normalized spacial score (nSPS) is 10.0. The van der Waals surface area contributed by atoms with E-state index in [1.807, 2.05) is 0 Å². The molecule has 0 aliphatic carbocycles. The number of hydrogen-bond donors (Lipinski definition) is 3. The van der Waals surface area contributed by atoms with E-state index >= 15 is 0 Å². The average Bonchev–Trinajstić information content (AvgIpc) is 2.22. The Morgan fingerprint density at radius 1 is 1.47 bits per heavy atom. The Hall–Kier alpha value is -1.62. The molecule has 0 saturated heterocycles. The summed E-state index contributed by atoms with van der Waals surface area (Å²) in [5, 5.41) is 2.60. The highest BCUT2D eigenvalue weighted by atomic mass is 19.1. The molecule has 5 heteroatoms. The summed E-state index contributed by atoms with van der Waals surface area (Å²) in [6.45, 7) is 0.962. The minimum atomic E-state index is -0.582. The summed E-state index contributed by atoms with van der Waals surface area (Å²) in [7, 11) is 0. The molecule has 0 aliphatic rings. The highest BCUT2D eigenvalue weighted by molar-refractivity contribution is 5.99. The Labute approximate surface area is 87.4 Å². The lowest BCUT2D eigenvalue weighted by Crippen LogP contribution is -2.26. The molecule has 15 heavy (non-hydrogen) atoms. The summed E-state index contributed by atoms with van der Waals surface area (Å²) >= 11 is 0. The molecule has 0 spiro atoms. The van der Waals surface area contributed by atoms with Crippen LogP contribution in [-0.4, -0.2) is 19.0 Å². The van der Waals surface area contributed by atoms with Crippen LogP contribution in [0.3, 0.4) is 0 Å². The minimum absolute atomic E-state index is 0.122. The summed E-state index contributed by atoms with van der Waals surface area (Å²) in [6, 6.07) is 4.14. The predicted octanol–water partition coefficient (Wildman–Crippen LogP) is 0.486. The zero-order valence-corrected chi connectivity index (χ0v) is 8.29. The Kier molecular flexibility index (Phi) is 4.05.